The van der Waals surface area contributed by atoms with Gasteiger partial charge in [-0.1, -0.05) is 0 Å². The Morgan fingerprint density at radius 3 is 2.61 bits per heavy atom. The maximum atomic E-state index is 12.8. The molecule has 0 saturated heterocycles. The third kappa shape index (κ3) is 4.92. The highest BCUT2D eigenvalue weighted by molar-refractivity contribution is 7.17. The molecule has 172 valence electrons. The van der Waals surface area contributed by atoms with E-state index in [0.29, 0.717) is 16.3 Å². The lowest BCUT2D eigenvalue weighted by Gasteiger charge is -2.14. The van der Waals surface area contributed by atoms with Gasteiger partial charge in [-0.2, -0.15) is 0 Å². The van der Waals surface area contributed by atoms with Crippen molar-refractivity contribution in [2.45, 2.75) is 45.6 Å². The van der Waals surface area contributed by atoms with Crippen LogP contribution in [0.2, 0.25) is 0 Å². The van der Waals surface area contributed by atoms with Crippen molar-refractivity contribution in [2.75, 3.05) is 11.9 Å². The van der Waals surface area contributed by atoms with Gasteiger partial charge in [0.05, 0.1) is 23.4 Å². The fourth-order valence-corrected chi connectivity index (χ4v) is 4.88. The first kappa shape index (κ1) is 22.6. The zero-order valence-corrected chi connectivity index (χ0v) is 19.1. The maximum Gasteiger partial charge on any atom is 0.341 e. The molecule has 0 spiro atoms. The van der Waals surface area contributed by atoms with Gasteiger partial charge in [-0.25, -0.2) is 14.3 Å². The molecule has 0 unspecified atom stereocenters. The van der Waals surface area contributed by atoms with E-state index in [1.165, 1.54) is 29.3 Å². The number of tetrazole rings is 1. The van der Waals surface area contributed by atoms with Crippen LogP contribution in [0.4, 0.5) is 5.00 Å². The largest absolute Gasteiger partial charge is 0.462 e. The monoisotopic (exact) mass is 469 g/mol. The normalized spacial score (nSPS) is 13.6. The molecular formula is C22H23N5O5S. The lowest BCUT2D eigenvalue weighted by molar-refractivity contribution is -0.123. The van der Waals surface area contributed by atoms with E-state index in [-0.39, 0.29) is 12.2 Å². The molecule has 0 aliphatic heterocycles. The van der Waals surface area contributed by atoms with Gasteiger partial charge in [0.2, 0.25) is 0 Å². The maximum absolute atomic E-state index is 12.8. The van der Waals surface area contributed by atoms with Crippen LogP contribution in [0.5, 0.6) is 0 Å². The first-order chi connectivity index (χ1) is 16.0. The third-order valence-corrected chi connectivity index (χ3v) is 6.46. The lowest BCUT2D eigenvalue weighted by atomic mass is 9.95. The van der Waals surface area contributed by atoms with Crippen LogP contribution in [0.25, 0.3) is 5.69 Å². The number of nitrogens with one attached hydrogen (secondary N) is 1. The summed E-state index contributed by atoms with van der Waals surface area (Å²) >= 11 is 1.39. The number of amides is 1. The summed E-state index contributed by atoms with van der Waals surface area (Å²) in [4.78, 5) is 38.9. The van der Waals surface area contributed by atoms with Crippen LogP contribution in [0.3, 0.4) is 0 Å². The fourth-order valence-electron chi connectivity index (χ4n) is 3.60. The molecule has 1 aromatic carbocycles. The molecule has 33 heavy (non-hydrogen) atoms. The Morgan fingerprint density at radius 1 is 1.15 bits per heavy atom. The number of aromatic nitrogens is 4. The van der Waals surface area contributed by atoms with Crippen LogP contribution in [0.1, 0.15) is 57.8 Å². The summed E-state index contributed by atoms with van der Waals surface area (Å²) in [5, 5.41) is 14.1. The number of hydrogen-bond donors (Lipinski definition) is 1. The van der Waals surface area contributed by atoms with Crippen LogP contribution in [0.15, 0.2) is 30.6 Å². The first-order valence-corrected chi connectivity index (χ1v) is 11.5. The fraction of sp³-hybridized carbons (Fsp3) is 0.364. The highest BCUT2D eigenvalue weighted by Crippen LogP contribution is 2.38. The minimum Gasteiger partial charge on any atom is -0.462 e. The standard InChI is InChI=1S/C22H23N5O5S/c1-3-31-22(30)18-16-6-4-5-7-17(16)33-20(18)24-19(28)13(2)32-21(29)14-8-10-15(11-9-14)27-12-23-25-26-27/h8-13H,3-7H2,1-2H3,(H,24,28)/t13-/m1/s1. The SMILES string of the molecule is CCOC(=O)c1c(NC(=O)[C@@H](C)OC(=O)c2ccc(-n3cnnn3)cc2)sc2c1CCCC2. The number of benzene rings is 1. The molecule has 1 amide bonds. The van der Waals surface area contributed by atoms with Crippen molar-refractivity contribution >= 4 is 34.2 Å². The van der Waals surface area contributed by atoms with Gasteiger partial charge in [0.25, 0.3) is 5.91 Å². The number of esters is 2. The van der Waals surface area contributed by atoms with Crippen molar-refractivity contribution in [3.63, 3.8) is 0 Å². The Hall–Kier alpha value is -3.60. The van der Waals surface area contributed by atoms with Crippen LogP contribution in [-0.2, 0) is 27.1 Å². The van der Waals surface area contributed by atoms with Gasteiger partial charge in [-0.15, -0.1) is 16.4 Å². The number of ether oxygens (including phenoxy) is 2. The summed E-state index contributed by atoms with van der Waals surface area (Å²) in [7, 11) is 0. The second-order valence-electron chi connectivity index (χ2n) is 7.47. The number of rotatable bonds is 7. The second kappa shape index (κ2) is 9.90. The summed E-state index contributed by atoms with van der Waals surface area (Å²) in [5.74, 6) is -1.60. The Balaban J connectivity index is 1.44. The van der Waals surface area contributed by atoms with Crippen LogP contribution in [0, 0.1) is 0 Å². The number of carbonyl (C=O) groups excluding carboxylic acids is 3. The highest BCUT2D eigenvalue weighted by Gasteiger charge is 2.29. The molecule has 0 fully saturated rings. The molecule has 10 nitrogen and oxygen atoms in total. The van der Waals surface area contributed by atoms with Gasteiger partial charge in [-0.05, 0) is 79.8 Å². The number of hydrogen-bond acceptors (Lipinski definition) is 9. The lowest BCUT2D eigenvalue weighted by Crippen LogP contribution is -2.30. The number of anilines is 1. The van der Waals surface area contributed by atoms with Crippen molar-refractivity contribution in [1.29, 1.82) is 0 Å². The van der Waals surface area contributed by atoms with Gasteiger partial charge in [-0.3, -0.25) is 4.79 Å². The number of nitrogens with zero attached hydrogens (tertiary/aromatic N) is 4. The molecule has 1 atom stereocenters. The Morgan fingerprint density at radius 2 is 1.91 bits per heavy atom. The molecule has 3 aromatic rings. The highest BCUT2D eigenvalue weighted by atomic mass is 32.1. The van der Waals surface area contributed by atoms with Crippen molar-refractivity contribution in [2.24, 2.45) is 0 Å². The Labute approximate surface area is 193 Å². The smallest absolute Gasteiger partial charge is 0.341 e. The molecule has 4 rings (SSSR count). The first-order valence-electron chi connectivity index (χ1n) is 10.6. The third-order valence-electron chi connectivity index (χ3n) is 5.26. The molecule has 1 aliphatic carbocycles. The molecule has 0 bridgehead atoms. The molecule has 0 saturated carbocycles. The summed E-state index contributed by atoms with van der Waals surface area (Å²) in [6.07, 6.45) is 4.06. The number of carbonyl (C=O) groups is 3. The van der Waals surface area contributed by atoms with Gasteiger partial charge >= 0.3 is 11.9 Å². The van der Waals surface area contributed by atoms with E-state index in [1.54, 1.807) is 31.2 Å². The molecule has 1 aliphatic rings. The average Bonchev–Trinajstić information content (AvgIpc) is 3.47. The molecule has 0 radical (unpaired) electrons. The van der Waals surface area contributed by atoms with Crippen molar-refractivity contribution in [1.82, 2.24) is 20.2 Å². The zero-order valence-electron chi connectivity index (χ0n) is 18.2. The molecule has 2 heterocycles. The van der Waals surface area contributed by atoms with Crippen LogP contribution < -0.4 is 5.32 Å². The van der Waals surface area contributed by atoms with Crippen molar-refractivity contribution in [3.8, 4) is 5.69 Å². The summed E-state index contributed by atoms with van der Waals surface area (Å²) in [6, 6.07) is 6.46. The van der Waals surface area contributed by atoms with Crippen molar-refractivity contribution in [3.05, 3.63) is 52.2 Å². The van der Waals surface area contributed by atoms with E-state index < -0.39 is 23.9 Å². The van der Waals surface area contributed by atoms with E-state index >= 15 is 0 Å². The number of fused-ring (bicyclic) bond motifs is 1. The summed E-state index contributed by atoms with van der Waals surface area (Å²) in [6.45, 7) is 3.48. The second-order valence-corrected chi connectivity index (χ2v) is 8.58. The van der Waals surface area contributed by atoms with E-state index in [0.717, 1.165) is 36.1 Å². The van der Waals surface area contributed by atoms with E-state index in [4.69, 9.17) is 9.47 Å². The number of aryl methyl sites for hydroxylation is 1. The predicted octanol–water partition coefficient (Wildman–Crippen LogP) is 2.96. The van der Waals surface area contributed by atoms with Crippen LogP contribution in [-0.4, -0.2) is 50.8 Å². The molecular weight excluding hydrogens is 446 g/mol. The van der Waals surface area contributed by atoms with Gasteiger partial charge in [0.1, 0.15) is 11.3 Å². The van der Waals surface area contributed by atoms with Gasteiger partial charge in [0, 0.05) is 4.88 Å². The average molecular weight is 470 g/mol. The Bertz CT molecular complexity index is 1160. The molecule has 1 N–H and O–H groups in total. The minimum absolute atomic E-state index is 0.247. The topological polar surface area (TPSA) is 125 Å². The zero-order chi connectivity index (χ0) is 23.4. The van der Waals surface area contributed by atoms with E-state index in [2.05, 4.69) is 20.8 Å². The predicted molar refractivity (Wildman–Crippen MR) is 120 cm³/mol. The summed E-state index contributed by atoms with van der Waals surface area (Å²) < 4.78 is 12.0. The van der Waals surface area contributed by atoms with Gasteiger partial charge in [0.15, 0.2) is 6.10 Å². The quantitative estimate of drug-likeness (QED) is 0.524. The summed E-state index contributed by atoms with van der Waals surface area (Å²) in [5.41, 5.74) is 2.33. The number of thiophene rings is 1. The van der Waals surface area contributed by atoms with Crippen LogP contribution >= 0.6 is 11.3 Å². The van der Waals surface area contributed by atoms with E-state index in [1.807, 2.05) is 0 Å². The minimum atomic E-state index is -1.06. The van der Waals surface area contributed by atoms with Crippen molar-refractivity contribution < 1.29 is 23.9 Å². The van der Waals surface area contributed by atoms with E-state index in [9.17, 15) is 14.4 Å². The van der Waals surface area contributed by atoms with Gasteiger partial charge < -0.3 is 14.8 Å². The molecule has 2 aromatic heterocycles. The molecule has 11 heteroatoms. The Kier molecular flexibility index (Phi) is 6.78.